The maximum atomic E-state index is 13.1. The molecule has 0 atom stereocenters. The third-order valence-electron chi connectivity index (χ3n) is 4.42. The van der Waals surface area contributed by atoms with E-state index in [9.17, 15) is 9.59 Å². The lowest BCUT2D eigenvalue weighted by Crippen LogP contribution is -2.10. The van der Waals surface area contributed by atoms with Crippen LogP contribution in [0.5, 0.6) is 5.75 Å². The van der Waals surface area contributed by atoms with Gasteiger partial charge in [0, 0.05) is 21.8 Å². The molecular weight excluding hydrogens is 448 g/mol. The van der Waals surface area contributed by atoms with Crippen LogP contribution in [0.15, 0.2) is 65.1 Å². The molecule has 0 spiro atoms. The Balaban J connectivity index is 1.96. The van der Waals surface area contributed by atoms with Crippen LogP contribution in [-0.2, 0) is 0 Å². The molecule has 0 heterocycles. The monoisotopic (exact) mass is 468 g/mol. The van der Waals surface area contributed by atoms with E-state index in [2.05, 4.69) is 26.6 Å². The number of halogens is 1. The lowest BCUT2D eigenvalue weighted by molar-refractivity contribution is 0.103. The molecule has 0 aliphatic heterocycles. The Morgan fingerprint density at radius 2 is 1.77 bits per heavy atom. The number of carbonyl (C=O) groups is 2. The summed E-state index contributed by atoms with van der Waals surface area (Å²) in [4.78, 5) is 24.2. The summed E-state index contributed by atoms with van der Waals surface area (Å²) in [6, 6.07) is 17.9. The van der Waals surface area contributed by atoms with Gasteiger partial charge in [-0.25, -0.2) is 4.79 Å². The van der Waals surface area contributed by atoms with Crippen molar-refractivity contribution in [1.82, 2.24) is 0 Å². The van der Waals surface area contributed by atoms with E-state index >= 15 is 0 Å². The van der Waals surface area contributed by atoms with E-state index in [0.29, 0.717) is 40.5 Å². The molecule has 0 bridgehead atoms. The van der Waals surface area contributed by atoms with Gasteiger partial charge in [0.05, 0.1) is 23.5 Å². The lowest BCUT2D eigenvalue weighted by Gasteiger charge is -2.15. The van der Waals surface area contributed by atoms with Crippen LogP contribution in [0.25, 0.3) is 0 Å². The third-order valence-corrected chi connectivity index (χ3v) is 4.91. The molecule has 0 saturated carbocycles. The molecule has 0 aromatic heterocycles. The molecule has 6 nitrogen and oxygen atoms in total. The van der Waals surface area contributed by atoms with E-state index in [1.165, 1.54) is 0 Å². The molecule has 0 unspecified atom stereocenters. The molecule has 3 rings (SSSR count). The average molecular weight is 469 g/mol. The van der Waals surface area contributed by atoms with Gasteiger partial charge in [0.25, 0.3) is 0 Å². The van der Waals surface area contributed by atoms with Gasteiger partial charge in [0.2, 0.25) is 0 Å². The molecule has 30 heavy (non-hydrogen) atoms. The molecule has 0 aliphatic carbocycles. The summed E-state index contributed by atoms with van der Waals surface area (Å²) in [5.74, 6) is 0.348. The third kappa shape index (κ3) is 4.99. The fraction of sp³-hybridized carbons (Fsp3) is 0.130. The predicted molar refractivity (Wildman–Crippen MR) is 121 cm³/mol. The Morgan fingerprint density at radius 1 is 1.00 bits per heavy atom. The van der Waals surface area contributed by atoms with Crippen molar-refractivity contribution in [2.24, 2.45) is 0 Å². The van der Waals surface area contributed by atoms with Crippen LogP contribution in [0.4, 0.5) is 21.9 Å². The lowest BCUT2D eigenvalue weighted by atomic mass is 9.98. The number of carboxylic acid groups (broad SMARTS) is 1. The first-order chi connectivity index (χ1) is 14.4. The van der Waals surface area contributed by atoms with Crippen molar-refractivity contribution >= 4 is 44.9 Å². The van der Waals surface area contributed by atoms with Gasteiger partial charge >= 0.3 is 6.09 Å². The highest BCUT2D eigenvalue weighted by atomic mass is 79.9. The highest BCUT2D eigenvalue weighted by Gasteiger charge is 2.17. The molecular formula is C23H21BrN2O4. The topological polar surface area (TPSA) is 87.7 Å². The zero-order chi connectivity index (χ0) is 21.7. The molecule has 3 aromatic carbocycles. The normalized spacial score (nSPS) is 10.4. The molecule has 3 aromatic rings. The number of benzene rings is 3. The summed E-state index contributed by atoms with van der Waals surface area (Å²) >= 11 is 3.34. The highest BCUT2D eigenvalue weighted by molar-refractivity contribution is 9.10. The SMILES string of the molecule is CCOc1cc(Nc2ccc(Br)cc2NC(=O)O)ccc1C(=O)c1ccccc1C. The number of rotatable bonds is 7. The van der Waals surface area contributed by atoms with Gasteiger partial charge in [0.15, 0.2) is 5.78 Å². The van der Waals surface area contributed by atoms with Gasteiger partial charge in [-0.1, -0.05) is 40.2 Å². The Hall–Kier alpha value is -3.32. The van der Waals surface area contributed by atoms with Crippen LogP contribution in [0, 0.1) is 6.92 Å². The quantitative estimate of drug-likeness (QED) is 0.358. The van der Waals surface area contributed by atoms with E-state index in [1.54, 1.807) is 42.5 Å². The van der Waals surface area contributed by atoms with Gasteiger partial charge in [0.1, 0.15) is 5.75 Å². The van der Waals surface area contributed by atoms with Crippen LogP contribution in [0.3, 0.4) is 0 Å². The van der Waals surface area contributed by atoms with Crippen LogP contribution in [0.2, 0.25) is 0 Å². The second kappa shape index (κ2) is 9.45. The number of amides is 1. The summed E-state index contributed by atoms with van der Waals surface area (Å²) in [6.07, 6.45) is -1.16. The fourth-order valence-electron chi connectivity index (χ4n) is 3.03. The minimum absolute atomic E-state index is 0.111. The van der Waals surface area contributed by atoms with Gasteiger partial charge in [-0.3, -0.25) is 10.1 Å². The first-order valence-corrected chi connectivity index (χ1v) is 10.1. The maximum Gasteiger partial charge on any atom is 0.409 e. The van der Waals surface area contributed by atoms with Crippen LogP contribution in [-0.4, -0.2) is 23.6 Å². The highest BCUT2D eigenvalue weighted by Crippen LogP contribution is 2.32. The largest absolute Gasteiger partial charge is 0.493 e. The first kappa shape index (κ1) is 21.4. The Kier molecular flexibility index (Phi) is 6.74. The van der Waals surface area contributed by atoms with Crippen molar-refractivity contribution in [3.05, 3.63) is 81.8 Å². The van der Waals surface area contributed by atoms with Crippen molar-refractivity contribution in [3.8, 4) is 5.75 Å². The zero-order valence-corrected chi connectivity index (χ0v) is 18.1. The van der Waals surface area contributed by atoms with Crippen LogP contribution < -0.4 is 15.4 Å². The number of anilines is 3. The van der Waals surface area contributed by atoms with Crippen molar-refractivity contribution in [1.29, 1.82) is 0 Å². The van der Waals surface area contributed by atoms with Gasteiger partial charge in [-0.05, 0) is 49.7 Å². The van der Waals surface area contributed by atoms with E-state index in [0.717, 1.165) is 10.0 Å². The summed E-state index contributed by atoms with van der Waals surface area (Å²) in [5.41, 5.74) is 3.62. The maximum absolute atomic E-state index is 13.1. The summed E-state index contributed by atoms with van der Waals surface area (Å²) < 4.78 is 6.48. The standard InChI is InChI=1S/C23H21BrN2O4/c1-3-30-21-13-16(25-19-11-8-15(24)12-20(19)26-23(28)29)9-10-18(21)22(27)17-7-5-4-6-14(17)2/h4-13,25-26H,3H2,1-2H3,(H,28,29). The van der Waals surface area contributed by atoms with Crippen molar-refractivity contribution in [2.45, 2.75) is 13.8 Å². The molecule has 0 saturated heterocycles. The second-order valence-corrected chi connectivity index (χ2v) is 7.45. The number of hydrogen-bond acceptors (Lipinski definition) is 4. The van der Waals surface area contributed by atoms with Crippen LogP contribution >= 0.6 is 15.9 Å². The molecule has 154 valence electrons. The average Bonchev–Trinajstić information content (AvgIpc) is 2.70. The van der Waals surface area contributed by atoms with Gasteiger partial charge in [-0.15, -0.1) is 0 Å². The van der Waals surface area contributed by atoms with E-state index in [-0.39, 0.29) is 5.78 Å². The Bertz CT molecular complexity index is 1100. The molecule has 0 radical (unpaired) electrons. The molecule has 1 amide bonds. The van der Waals surface area contributed by atoms with E-state index in [4.69, 9.17) is 9.84 Å². The van der Waals surface area contributed by atoms with E-state index < -0.39 is 6.09 Å². The minimum Gasteiger partial charge on any atom is -0.493 e. The van der Waals surface area contributed by atoms with Crippen molar-refractivity contribution in [3.63, 3.8) is 0 Å². The van der Waals surface area contributed by atoms with E-state index in [1.807, 2.05) is 32.0 Å². The van der Waals surface area contributed by atoms with Crippen LogP contribution in [0.1, 0.15) is 28.4 Å². The Labute approximate surface area is 183 Å². The number of nitrogens with one attached hydrogen (secondary N) is 2. The number of aryl methyl sites for hydroxylation is 1. The molecule has 0 aliphatic rings. The second-order valence-electron chi connectivity index (χ2n) is 6.53. The summed E-state index contributed by atoms with van der Waals surface area (Å²) in [7, 11) is 0. The summed E-state index contributed by atoms with van der Waals surface area (Å²) in [5, 5.41) is 14.6. The van der Waals surface area contributed by atoms with Gasteiger partial charge in [-0.2, -0.15) is 0 Å². The van der Waals surface area contributed by atoms with Crippen molar-refractivity contribution < 1.29 is 19.4 Å². The smallest absolute Gasteiger partial charge is 0.409 e. The Morgan fingerprint density at radius 3 is 2.47 bits per heavy atom. The zero-order valence-electron chi connectivity index (χ0n) is 16.5. The number of hydrogen-bond donors (Lipinski definition) is 3. The number of carbonyl (C=O) groups excluding carboxylic acids is 1. The molecule has 7 heteroatoms. The molecule has 0 fully saturated rings. The molecule has 3 N–H and O–H groups in total. The number of ether oxygens (including phenoxy) is 1. The predicted octanol–water partition coefficient (Wildman–Crippen LogP) is 6.22. The minimum atomic E-state index is -1.16. The first-order valence-electron chi connectivity index (χ1n) is 9.32. The summed E-state index contributed by atoms with van der Waals surface area (Å²) in [6.45, 7) is 4.15. The number of ketones is 1. The fourth-order valence-corrected chi connectivity index (χ4v) is 3.40. The van der Waals surface area contributed by atoms with Crippen molar-refractivity contribution in [2.75, 3.05) is 17.2 Å². The van der Waals surface area contributed by atoms with Gasteiger partial charge < -0.3 is 15.2 Å².